The number of benzene rings is 1. The molecule has 0 bridgehead atoms. The van der Waals surface area contributed by atoms with Gasteiger partial charge in [-0.25, -0.2) is 4.79 Å². The molecule has 1 rings (SSSR count). The fraction of sp³-hybridized carbons (Fsp3) is 0.385. The Morgan fingerprint density at radius 2 is 2.15 bits per heavy atom. The van der Waals surface area contributed by atoms with Crippen molar-refractivity contribution in [3.63, 3.8) is 0 Å². The number of carbonyl (C=O) groups excluding carboxylic acids is 1. The molecule has 0 aromatic heterocycles. The van der Waals surface area contributed by atoms with E-state index in [1.54, 1.807) is 18.2 Å². The average molecular weight is 302 g/mol. The molecular weight excluding hydrogens is 286 g/mol. The van der Waals surface area contributed by atoms with Gasteiger partial charge in [0.1, 0.15) is 12.4 Å². The maximum absolute atomic E-state index is 11.7. The minimum atomic E-state index is -1.04. The number of halogens is 1. The van der Waals surface area contributed by atoms with E-state index in [1.807, 2.05) is 0 Å². The van der Waals surface area contributed by atoms with Crippen molar-refractivity contribution in [3.8, 4) is 5.75 Å². The highest BCUT2D eigenvalue weighted by atomic mass is 35.5. The Balaban J connectivity index is 2.41. The summed E-state index contributed by atoms with van der Waals surface area (Å²) in [6.07, 6.45) is 0.0851. The van der Waals surface area contributed by atoms with Crippen molar-refractivity contribution < 1.29 is 24.2 Å². The predicted octanol–water partition coefficient (Wildman–Crippen LogP) is 1.11. The molecule has 1 aromatic carbocycles. The molecule has 0 unspecified atom stereocenters. The van der Waals surface area contributed by atoms with E-state index in [2.05, 4.69) is 5.32 Å². The number of carboxylic acids is 1. The van der Waals surface area contributed by atoms with Crippen LogP contribution in [0.4, 0.5) is 0 Å². The molecule has 20 heavy (non-hydrogen) atoms. The molecule has 0 aliphatic heterocycles. The summed E-state index contributed by atoms with van der Waals surface area (Å²) >= 11 is 6.02. The Kier molecular flexibility index (Phi) is 6.83. The monoisotopic (exact) mass is 301 g/mol. The number of ether oxygens (including phenoxy) is 2. The highest BCUT2D eigenvalue weighted by Crippen LogP contribution is 2.26. The number of aliphatic carboxylic acids is 1. The van der Waals surface area contributed by atoms with Crippen LogP contribution in [0.2, 0.25) is 5.02 Å². The number of nitrogens with one attached hydrogen (secondary N) is 1. The fourth-order valence-electron chi connectivity index (χ4n) is 1.55. The molecule has 1 aromatic rings. The molecule has 0 heterocycles. The van der Waals surface area contributed by atoms with E-state index in [9.17, 15) is 9.59 Å². The minimum Gasteiger partial charge on any atom is -0.496 e. The second kappa shape index (κ2) is 8.39. The number of carbonyl (C=O) groups is 2. The summed E-state index contributed by atoms with van der Waals surface area (Å²) in [5.41, 5.74) is 0.612. The quantitative estimate of drug-likeness (QED) is 0.703. The zero-order valence-corrected chi connectivity index (χ0v) is 11.8. The molecule has 2 N–H and O–H groups in total. The first-order valence-corrected chi connectivity index (χ1v) is 6.30. The lowest BCUT2D eigenvalue weighted by atomic mass is 10.1. The van der Waals surface area contributed by atoms with E-state index in [0.717, 1.165) is 0 Å². The second-order valence-corrected chi connectivity index (χ2v) is 4.30. The van der Waals surface area contributed by atoms with Gasteiger partial charge in [-0.15, -0.1) is 0 Å². The zero-order valence-electron chi connectivity index (χ0n) is 11.0. The summed E-state index contributed by atoms with van der Waals surface area (Å²) in [4.78, 5) is 21.9. The molecular formula is C13H16ClNO5. The van der Waals surface area contributed by atoms with Crippen LogP contribution in [-0.4, -0.2) is 43.9 Å². The summed E-state index contributed by atoms with van der Waals surface area (Å²) in [6, 6.07) is 5.15. The van der Waals surface area contributed by atoms with E-state index in [-0.39, 0.29) is 32.1 Å². The third kappa shape index (κ3) is 5.46. The van der Waals surface area contributed by atoms with Crippen molar-refractivity contribution in [2.45, 2.75) is 6.42 Å². The lowest BCUT2D eigenvalue weighted by molar-refractivity contribution is -0.142. The topological polar surface area (TPSA) is 84.9 Å². The fourth-order valence-corrected chi connectivity index (χ4v) is 1.78. The van der Waals surface area contributed by atoms with Crippen LogP contribution in [0.1, 0.15) is 5.56 Å². The number of amides is 1. The Morgan fingerprint density at radius 3 is 2.80 bits per heavy atom. The van der Waals surface area contributed by atoms with Gasteiger partial charge in [-0.05, 0) is 12.1 Å². The van der Waals surface area contributed by atoms with Crippen molar-refractivity contribution in [1.82, 2.24) is 5.32 Å². The number of hydrogen-bond acceptors (Lipinski definition) is 4. The Labute approximate surface area is 121 Å². The van der Waals surface area contributed by atoms with Crippen molar-refractivity contribution >= 4 is 23.5 Å². The number of carboxylic acid groups (broad SMARTS) is 1. The Hall–Kier alpha value is -1.79. The van der Waals surface area contributed by atoms with Gasteiger partial charge in [-0.3, -0.25) is 4.79 Å². The highest BCUT2D eigenvalue weighted by Gasteiger charge is 2.12. The third-order valence-corrected chi connectivity index (χ3v) is 2.78. The normalized spacial score (nSPS) is 10.1. The summed E-state index contributed by atoms with van der Waals surface area (Å²) in [5, 5.41) is 11.4. The van der Waals surface area contributed by atoms with Crippen molar-refractivity contribution in [1.29, 1.82) is 0 Å². The molecule has 0 atom stereocenters. The van der Waals surface area contributed by atoms with E-state index in [0.29, 0.717) is 16.3 Å². The SMILES string of the molecule is COc1cccc(Cl)c1CC(=O)NCCOCC(=O)O. The van der Waals surface area contributed by atoms with Crippen LogP contribution in [-0.2, 0) is 20.7 Å². The lowest BCUT2D eigenvalue weighted by Crippen LogP contribution is -2.29. The maximum atomic E-state index is 11.7. The maximum Gasteiger partial charge on any atom is 0.329 e. The molecule has 0 aliphatic carbocycles. The third-order valence-electron chi connectivity index (χ3n) is 2.43. The van der Waals surface area contributed by atoms with Gasteiger partial charge >= 0.3 is 5.97 Å². The van der Waals surface area contributed by atoms with Crippen LogP contribution < -0.4 is 10.1 Å². The highest BCUT2D eigenvalue weighted by molar-refractivity contribution is 6.31. The van der Waals surface area contributed by atoms with Crippen molar-refractivity contribution in [2.75, 3.05) is 26.9 Å². The smallest absolute Gasteiger partial charge is 0.329 e. The molecule has 1 amide bonds. The van der Waals surface area contributed by atoms with Crippen LogP contribution in [0.25, 0.3) is 0 Å². The summed E-state index contributed by atoms with van der Waals surface area (Å²) in [7, 11) is 1.51. The van der Waals surface area contributed by atoms with E-state index >= 15 is 0 Å². The summed E-state index contributed by atoms with van der Waals surface area (Å²) in [5.74, 6) is -0.734. The first-order valence-electron chi connectivity index (χ1n) is 5.92. The van der Waals surface area contributed by atoms with Crippen LogP contribution in [0.5, 0.6) is 5.75 Å². The van der Waals surface area contributed by atoms with Gasteiger partial charge in [0.25, 0.3) is 0 Å². The van der Waals surface area contributed by atoms with Crippen LogP contribution in [0.3, 0.4) is 0 Å². The summed E-state index contributed by atoms with van der Waals surface area (Å²) < 4.78 is 9.94. The van der Waals surface area contributed by atoms with Gasteiger partial charge in [0.2, 0.25) is 5.91 Å². The number of hydrogen-bond donors (Lipinski definition) is 2. The number of rotatable bonds is 8. The molecule has 110 valence electrons. The zero-order chi connectivity index (χ0) is 15.0. The summed E-state index contributed by atoms with van der Waals surface area (Å²) in [6.45, 7) is -0.00914. The Bertz CT molecular complexity index is 478. The molecule has 0 aliphatic rings. The molecule has 7 heteroatoms. The molecule has 0 fully saturated rings. The van der Waals surface area contributed by atoms with E-state index in [1.165, 1.54) is 7.11 Å². The van der Waals surface area contributed by atoms with E-state index in [4.69, 9.17) is 26.2 Å². The number of methoxy groups -OCH3 is 1. The molecule has 0 radical (unpaired) electrons. The largest absolute Gasteiger partial charge is 0.496 e. The average Bonchev–Trinajstić information content (AvgIpc) is 2.40. The predicted molar refractivity (Wildman–Crippen MR) is 73.2 cm³/mol. The van der Waals surface area contributed by atoms with Crippen LogP contribution in [0.15, 0.2) is 18.2 Å². The van der Waals surface area contributed by atoms with Crippen molar-refractivity contribution in [2.24, 2.45) is 0 Å². The van der Waals surface area contributed by atoms with Gasteiger partial charge in [-0.2, -0.15) is 0 Å². The van der Waals surface area contributed by atoms with Crippen molar-refractivity contribution in [3.05, 3.63) is 28.8 Å². The molecule has 0 spiro atoms. The van der Waals surface area contributed by atoms with Crippen LogP contribution >= 0.6 is 11.6 Å². The second-order valence-electron chi connectivity index (χ2n) is 3.89. The minimum absolute atomic E-state index is 0.0851. The van der Waals surface area contributed by atoms with Gasteiger partial charge in [-0.1, -0.05) is 17.7 Å². The van der Waals surface area contributed by atoms with Gasteiger partial charge in [0.05, 0.1) is 20.1 Å². The van der Waals surface area contributed by atoms with E-state index < -0.39 is 5.97 Å². The van der Waals surface area contributed by atoms with Gasteiger partial charge < -0.3 is 19.9 Å². The first-order chi connectivity index (χ1) is 9.54. The molecule has 0 saturated carbocycles. The van der Waals surface area contributed by atoms with Crippen LogP contribution in [0, 0.1) is 0 Å². The van der Waals surface area contributed by atoms with Gasteiger partial charge in [0, 0.05) is 17.1 Å². The standard InChI is InChI=1S/C13H16ClNO5/c1-19-11-4-2-3-10(14)9(11)7-12(16)15-5-6-20-8-13(17)18/h2-4H,5-8H2,1H3,(H,15,16)(H,17,18). The lowest BCUT2D eigenvalue weighted by Gasteiger charge is -2.10. The molecule has 6 nitrogen and oxygen atoms in total. The first kappa shape index (κ1) is 16.3. The molecule has 0 saturated heterocycles. The Morgan fingerprint density at radius 1 is 1.40 bits per heavy atom. The van der Waals surface area contributed by atoms with Gasteiger partial charge in [0.15, 0.2) is 0 Å².